The molecule has 0 aliphatic rings. The number of methoxy groups -OCH3 is 1. The summed E-state index contributed by atoms with van der Waals surface area (Å²) < 4.78 is 10.5. The summed E-state index contributed by atoms with van der Waals surface area (Å²) in [7, 11) is 1.61. The van der Waals surface area contributed by atoms with Crippen LogP contribution in [0.2, 0.25) is 0 Å². The van der Waals surface area contributed by atoms with Gasteiger partial charge in [0.2, 0.25) is 5.89 Å². The molecule has 0 spiro atoms. The van der Waals surface area contributed by atoms with Crippen LogP contribution in [-0.4, -0.2) is 18.4 Å². The van der Waals surface area contributed by atoms with E-state index in [0.717, 1.165) is 17.6 Å². The van der Waals surface area contributed by atoms with Gasteiger partial charge < -0.3 is 13.9 Å². The number of rotatable bonds is 4. The van der Waals surface area contributed by atoms with E-state index in [0.29, 0.717) is 11.7 Å². The lowest BCUT2D eigenvalue weighted by Gasteiger charge is -1.99. The fraction of sp³-hybridized carbons (Fsp3) is 0.167. The molecule has 2 aromatic rings. The van der Waals surface area contributed by atoms with Crippen molar-refractivity contribution >= 4 is 6.29 Å². The molecular weight excluding hydrogens is 206 g/mol. The molecule has 0 radical (unpaired) electrons. The minimum absolute atomic E-state index is 0.253. The predicted molar refractivity (Wildman–Crippen MR) is 58.3 cm³/mol. The summed E-state index contributed by atoms with van der Waals surface area (Å²) >= 11 is 0. The molecule has 0 amide bonds. The van der Waals surface area contributed by atoms with Crippen molar-refractivity contribution in [3.05, 3.63) is 36.2 Å². The molecule has 0 aliphatic carbocycles. The Morgan fingerprint density at radius 2 is 2.12 bits per heavy atom. The molecule has 2 rings (SSSR count). The van der Waals surface area contributed by atoms with Gasteiger partial charge in [-0.3, -0.25) is 0 Å². The number of carbonyl (C=O) groups is 1. The summed E-state index contributed by atoms with van der Waals surface area (Å²) in [6.45, 7) is 0. The largest absolute Gasteiger partial charge is 0.497 e. The maximum Gasteiger partial charge on any atom is 0.226 e. The zero-order valence-electron chi connectivity index (χ0n) is 8.84. The number of hydrogen-bond acceptors (Lipinski definition) is 4. The predicted octanol–water partition coefficient (Wildman–Crippen LogP) is 2.09. The van der Waals surface area contributed by atoms with Gasteiger partial charge in [0.15, 0.2) is 0 Å². The molecule has 4 heteroatoms. The van der Waals surface area contributed by atoms with Crippen LogP contribution >= 0.6 is 0 Å². The number of hydrogen-bond donors (Lipinski definition) is 0. The van der Waals surface area contributed by atoms with E-state index in [2.05, 4.69) is 4.98 Å². The van der Waals surface area contributed by atoms with Crippen LogP contribution in [0.4, 0.5) is 0 Å². The first-order valence-corrected chi connectivity index (χ1v) is 4.86. The van der Waals surface area contributed by atoms with Gasteiger partial charge in [0, 0.05) is 5.56 Å². The highest BCUT2D eigenvalue weighted by Gasteiger charge is 2.06. The van der Waals surface area contributed by atoms with Crippen LogP contribution in [0.3, 0.4) is 0 Å². The van der Waals surface area contributed by atoms with Gasteiger partial charge >= 0.3 is 0 Å². The fourth-order valence-corrected chi connectivity index (χ4v) is 1.35. The van der Waals surface area contributed by atoms with E-state index in [9.17, 15) is 4.79 Å². The lowest BCUT2D eigenvalue weighted by atomic mass is 10.2. The number of aromatic nitrogens is 1. The molecule has 0 unspecified atom stereocenters. The monoisotopic (exact) mass is 217 g/mol. The summed E-state index contributed by atoms with van der Waals surface area (Å²) in [5.74, 6) is 1.86. The Kier molecular flexibility index (Phi) is 3.00. The Bertz CT molecular complexity index is 473. The van der Waals surface area contributed by atoms with Crippen molar-refractivity contribution in [1.29, 1.82) is 0 Å². The molecular formula is C12H11NO3. The number of aldehydes is 1. The number of oxazole rings is 1. The maximum absolute atomic E-state index is 10.3. The highest BCUT2D eigenvalue weighted by molar-refractivity contribution is 5.56. The second-order valence-corrected chi connectivity index (χ2v) is 3.23. The standard InChI is InChI=1S/C12H11NO3/c1-15-10-4-2-9(3-5-10)12-13-8-11(16-12)6-7-14/h2-5,7-8H,6H2,1H3. The number of benzene rings is 1. The SMILES string of the molecule is COc1ccc(-c2ncc(CC=O)o2)cc1. The zero-order chi connectivity index (χ0) is 11.4. The van der Waals surface area contributed by atoms with Gasteiger partial charge in [-0.15, -0.1) is 0 Å². The van der Waals surface area contributed by atoms with Crippen LogP contribution in [0.5, 0.6) is 5.75 Å². The van der Waals surface area contributed by atoms with Crippen molar-refractivity contribution in [2.24, 2.45) is 0 Å². The van der Waals surface area contributed by atoms with Crippen molar-refractivity contribution in [2.75, 3.05) is 7.11 Å². The molecule has 16 heavy (non-hydrogen) atoms. The van der Waals surface area contributed by atoms with Gasteiger partial charge in [0.25, 0.3) is 0 Å². The van der Waals surface area contributed by atoms with Crippen LogP contribution in [0.1, 0.15) is 5.76 Å². The van der Waals surface area contributed by atoms with Crippen molar-refractivity contribution in [3.63, 3.8) is 0 Å². The molecule has 0 bridgehead atoms. The highest BCUT2D eigenvalue weighted by atomic mass is 16.5. The fourth-order valence-electron chi connectivity index (χ4n) is 1.35. The van der Waals surface area contributed by atoms with Crippen molar-refractivity contribution < 1.29 is 13.9 Å². The first-order valence-electron chi connectivity index (χ1n) is 4.86. The van der Waals surface area contributed by atoms with Crippen molar-refractivity contribution in [1.82, 2.24) is 4.98 Å². The quantitative estimate of drug-likeness (QED) is 0.736. The highest BCUT2D eigenvalue weighted by Crippen LogP contribution is 2.21. The van der Waals surface area contributed by atoms with Gasteiger partial charge in [0.05, 0.1) is 19.7 Å². The molecule has 0 saturated heterocycles. The summed E-state index contributed by atoms with van der Waals surface area (Å²) in [6.07, 6.45) is 2.61. The van der Waals surface area contributed by atoms with Crippen molar-refractivity contribution in [3.8, 4) is 17.2 Å². The van der Waals surface area contributed by atoms with E-state index in [1.54, 1.807) is 13.3 Å². The van der Waals surface area contributed by atoms with Gasteiger partial charge in [-0.05, 0) is 24.3 Å². The van der Waals surface area contributed by atoms with E-state index in [1.165, 1.54) is 0 Å². The minimum Gasteiger partial charge on any atom is -0.497 e. The molecule has 1 heterocycles. The second-order valence-electron chi connectivity index (χ2n) is 3.23. The molecule has 0 atom stereocenters. The molecule has 0 N–H and O–H groups in total. The van der Waals surface area contributed by atoms with Crippen LogP contribution in [0.15, 0.2) is 34.9 Å². The first kappa shape index (κ1) is 10.4. The average Bonchev–Trinajstić information content (AvgIpc) is 2.78. The third kappa shape index (κ3) is 2.11. The van der Waals surface area contributed by atoms with E-state index in [4.69, 9.17) is 9.15 Å². The van der Waals surface area contributed by atoms with E-state index < -0.39 is 0 Å². The summed E-state index contributed by atoms with van der Waals surface area (Å²) in [6, 6.07) is 7.38. The maximum atomic E-state index is 10.3. The molecule has 0 aliphatic heterocycles. The van der Waals surface area contributed by atoms with Gasteiger partial charge in [0.1, 0.15) is 17.8 Å². The number of nitrogens with zero attached hydrogens (tertiary/aromatic N) is 1. The molecule has 1 aromatic carbocycles. The molecule has 1 aromatic heterocycles. The Morgan fingerprint density at radius 1 is 1.38 bits per heavy atom. The topological polar surface area (TPSA) is 52.3 Å². The number of carbonyl (C=O) groups excluding carboxylic acids is 1. The van der Waals surface area contributed by atoms with Crippen molar-refractivity contribution in [2.45, 2.75) is 6.42 Å². The molecule has 4 nitrogen and oxygen atoms in total. The van der Waals surface area contributed by atoms with Crippen LogP contribution < -0.4 is 4.74 Å². The second kappa shape index (κ2) is 4.61. The lowest BCUT2D eigenvalue weighted by Crippen LogP contribution is -1.82. The molecule has 82 valence electrons. The van der Waals surface area contributed by atoms with Crippen LogP contribution in [-0.2, 0) is 11.2 Å². The Morgan fingerprint density at radius 3 is 2.75 bits per heavy atom. The van der Waals surface area contributed by atoms with E-state index in [-0.39, 0.29) is 6.42 Å². The van der Waals surface area contributed by atoms with Crippen LogP contribution in [0, 0.1) is 0 Å². The Hall–Kier alpha value is -2.10. The van der Waals surface area contributed by atoms with Gasteiger partial charge in [-0.1, -0.05) is 0 Å². The first-order chi connectivity index (χ1) is 7.83. The van der Waals surface area contributed by atoms with E-state index in [1.807, 2.05) is 24.3 Å². The lowest BCUT2D eigenvalue weighted by molar-refractivity contribution is -0.107. The van der Waals surface area contributed by atoms with Gasteiger partial charge in [-0.2, -0.15) is 0 Å². The zero-order valence-corrected chi connectivity index (χ0v) is 8.84. The average molecular weight is 217 g/mol. The van der Waals surface area contributed by atoms with E-state index >= 15 is 0 Å². The normalized spacial score (nSPS) is 10.1. The number of ether oxygens (including phenoxy) is 1. The third-order valence-electron chi connectivity index (χ3n) is 2.18. The smallest absolute Gasteiger partial charge is 0.226 e. The molecule has 0 fully saturated rings. The van der Waals surface area contributed by atoms with Gasteiger partial charge in [-0.25, -0.2) is 4.98 Å². The minimum atomic E-state index is 0.253. The van der Waals surface area contributed by atoms with Crippen LogP contribution in [0.25, 0.3) is 11.5 Å². The summed E-state index contributed by atoms with van der Waals surface area (Å²) in [5, 5.41) is 0. The molecule has 0 saturated carbocycles. The summed E-state index contributed by atoms with van der Waals surface area (Å²) in [4.78, 5) is 14.4. The Labute approximate surface area is 92.9 Å². The Balaban J connectivity index is 2.24. The third-order valence-corrected chi connectivity index (χ3v) is 2.18. The summed E-state index contributed by atoms with van der Waals surface area (Å²) in [5.41, 5.74) is 0.859.